The number of anilines is 1. The largest absolute Gasteiger partial charge is 0.485 e. The fourth-order valence-electron chi connectivity index (χ4n) is 3.47. The Hall–Kier alpha value is -2.78. The molecule has 11 heteroatoms. The normalized spacial score (nSPS) is 10.6. The number of carbonyl (C=O) groups excluding carboxylic acids is 2. The van der Waals surface area contributed by atoms with Gasteiger partial charge < -0.3 is 15.0 Å². The molecule has 0 aliphatic heterocycles. The van der Waals surface area contributed by atoms with E-state index < -0.39 is 0 Å². The van der Waals surface area contributed by atoms with Crippen LogP contribution in [0.2, 0.25) is 10.0 Å². The van der Waals surface area contributed by atoms with Crippen molar-refractivity contribution in [2.24, 2.45) is 0 Å². The van der Waals surface area contributed by atoms with Gasteiger partial charge >= 0.3 is 0 Å². The van der Waals surface area contributed by atoms with Crippen molar-refractivity contribution >= 4 is 74.7 Å². The zero-order valence-corrected chi connectivity index (χ0v) is 23.2. The molecule has 0 aliphatic rings. The van der Waals surface area contributed by atoms with Gasteiger partial charge in [0.1, 0.15) is 11.2 Å². The summed E-state index contributed by atoms with van der Waals surface area (Å²) in [6, 6.07) is 15.7. The third kappa shape index (κ3) is 5.78. The second-order valence-electron chi connectivity index (χ2n) is 7.70. The van der Waals surface area contributed by atoms with Gasteiger partial charge in [-0.1, -0.05) is 41.4 Å². The van der Waals surface area contributed by atoms with Crippen LogP contribution >= 0.6 is 51.5 Å². The molecule has 2 amide bonds. The van der Waals surface area contributed by atoms with E-state index in [1.807, 2.05) is 35.7 Å². The number of hydrogen-bond donors (Lipinski definition) is 1. The smallest absolute Gasteiger partial charge is 0.251 e. The SMILES string of the molecule is Cc1nc2c(OCc3c(Cl)ccc(N(C)C(=O)CNC(=O)c4ccccc4)c3Cl)cccn2c1Br.Cl. The fourth-order valence-corrected chi connectivity index (χ4v) is 4.45. The monoisotopic (exact) mass is 610 g/mol. The van der Waals surface area contributed by atoms with Crippen molar-refractivity contribution in [3.8, 4) is 5.75 Å². The van der Waals surface area contributed by atoms with Gasteiger partial charge in [0.25, 0.3) is 5.91 Å². The van der Waals surface area contributed by atoms with E-state index in [2.05, 4.69) is 26.2 Å². The van der Waals surface area contributed by atoms with Crippen LogP contribution in [0.4, 0.5) is 5.69 Å². The molecule has 2 heterocycles. The summed E-state index contributed by atoms with van der Waals surface area (Å²) in [7, 11) is 1.59. The van der Waals surface area contributed by atoms with Crippen molar-refractivity contribution in [2.75, 3.05) is 18.5 Å². The van der Waals surface area contributed by atoms with Crippen LogP contribution in [0.3, 0.4) is 0 Å². The number of hydrogen-bond acceptors (Lipinski definition) is 4. The van der Waals surface area contributed by atoms with Crippen LogP contribution in [0.1, 0.15) is 21.6 Å². The Morgan fingerprint density at radius 2 is 1.83 bits per heavy atom. The molecule has 0 atom stereocenters. The van der Waals surface area contributed by atoms with Crippen LogP contribution in [-0.4, -0.2) is 34.8 Å². The Bertz CT molecular complexity index is 1410. The summed E-state index contributed by atoms with van der Waals surface area (Å²) in [6.45, 7) is 1.78. The molecule has 0 saturated carbocycles. The van der Waals surface area contributed by atoms with E-state index in [9.17, 15) is 9.59 Å². The van der Waals surface area contributed by atoms with E-state index >= 15 is 0 Å². The molecule has 7 nitrogen and oxygen atoms in total. The second-order valence-corrected chi connectivity index (χ2v) is 9.24. The number of nitrogens with zero attached hydrogens (tertiary/aromatic N) is 3. The highest BCUT2D eigenvalue weighted by molar-refractivity contribution is 9.10. The molecule has 2 aromatic heterocycles. The molecule has 0 fully saturated rings. The summed E-state index contributed by atoms with van der Waals surface area (Å²) < 4.78 is 8.74. The molecule has 4 rings (SSSR count). The Kier molecular flexibility index (Phi) is 9.24. The molecular weight excluding hydrogens is 591 g/mol. The number of ether oxygens (including phenoxy) is 1. The summed E-state index contributed by atoms with van der Waals surface area (Å²) >= 11 is 16.6. The number of benzene rings is 2. The average molecular weight is 613 g/mol. The first kappa shape index (κ1) is 27.8. The lowest BCUT2D eigenvalue weighted by Gasteiger charge is -2.21. The molecule has 36 heavy (non-hydrogen) atoms. The van der Waals surface area contributed by atoms with Crippen LogP contribution < -0.4 is 15.0 Å². The maximum Gasteiger partial charge on any atom is 0.251 e. The second kappa shape index (κ2) is 12.0. The van der Waals surface area contributed by atoms with Crippen LogP contribution in [0, 0.1) is 6.92 Å². The number of halogens is 4. The zero-order chi connectivity index (χ0) is 25.1. The molecule has 1 N–H and O–H groups in total. The van der Waals surface area contributed by atoms with Crippen LogP contribution in [0.25, 0.3) is 5.65 Å². The van der Waals surface area contributed by atoms with E-state index in [0.29, 0.717) is 33.2 Å². The Morgan fingerprint density at radius 3 is 2.56 bits per heavy atom. The van der Waals surface area contributed by atoms with E-state index in [-0.39, 0.29) is 42.4 Å². The number of likely N-dealkylation sites (N-methyl/N-ethyl adjacent to an activating group) is 1. The molecule has 0 spiro atoms. The first-order chi connectivity index (χ1) is 16.8. The topological polar surface area (TPSA) is 75.9 Å². The number of imidazole rings is 1. The predicted molar refractivity (Wildman–Crippen MR) is 148 cm³/mol. The highest BCUT2D eigenvalue weighted by atomic mass is 79.9. The first-order valence-electron chi connectivity index (χ1n) is 10.6. The molecule has 0 radical (unpaired) electrons. The number of fused-ring (bicyclic) bond motifs is 1. The third-order valence-corrected chi connectivity index (χ3v) is 7.16. The summed E-state index contributed by atoms with van der Waals surface area (Å²) in [5, 5.41) is 3.32. The highest BCUT2D eigenvalue weighted by Crippen LogP contribution is 2.35. The van der Waals surface area contributed by atoms with Crippen LogP contribution in [-0.2, 0) is 11.4 Å². The van der Waals surface area contributed by atoms with Gasteiger partial charge in [0.15, 0.2) is 11.4 Å². The molecule has 0 saturated heterocycles. The molecule has 188 valence electrons. The Balaban J connectivity index is 0.00000361. The molecule has 2 aromatic carbocycles. The van der Waals surface area contributed by atoms with Gasteiger partial charge in [-0.15, -0.1) is 12.4 Å². The fraction of sp³-hybridized carbons (Fsp3) is 0.160. The quantitative estimate of drug-likeness (QED) is 0.274. The summed E-state index contributed by atoms with van der Waals surface area (Å²) in [5.41, 5.74) is 2.94. The summed E-state index contributed by atoms with van der Waals surface area (Å²) in [4.78, 5) is 30.9. The minimum absolute atomic E-state index is 0. The van der Waals surface area contributed by atoms with Gasteiger partial charge in [0.05, 0.1) is 22.9 Å². The standard InChI is InChI=1S/C25H21BrCl2N4O3.ClH/c1-15-23(26)32-12-6-9-20(24(32)30-15)35-14-17-18(27)10-11-19(22(17)28)31(2)21(33)13-29-25(34)16-7-4-3-5-8-16;/h3-12H,13-14H2,1-2H3,(H,29,34);1H. The van der Waals surface area contributed by atoms with Crippen molar-refractivity contribution in [2.45, 2.75) is 13.5 Å². The number of pyridine rings is 1. The molecule has 0 bridgehead atoms. The van der Waals surface area contributed by atoms with Gasteiger partial charge in [-0.2, -0.15) is 0 Å². The lowest BCUT2D eigenvalue weighted by Crippen LogP contribution is -2.38. The Morgan fingerprint density at radius 1 is 1.11 bits per heavy atom. The molecular formula is C25H22BrCl3N4O3. The predicted octanol–water partition coefficient (Wildman–Crippen LogP) is 6.11. The number of amides is 2. The van der Waals surface area contributed by atoms with Gasteiger partial charge in [-0.3, -0.25) is 14.0 Å². The van der Waals surface area contributed by atoms with Crippen molar-refractivity contribution in [3.05, 3.63) is 92.3 Å². The first-order valence-corrected chi connectivity index (χ1v) is 12.2. The van der Waals surface area contributed by atoms with Crippen molar-refractivity contribution < 1.29 is 14.3 Å². The maximum absolute atomic E-state index is 12.8. The number of rotatable bonds is 7. The van der Waals surface area contributed by atoms with Crippen molar-refractivity contribution in [1.29, 1.82) is 0 Å². The summed E-state index contributed by atoms with van der Waals surface area (Å²) in [6.07, 6.45) is 1.88. The van der Waals surface area contributed by atoms with E-state index in [1.54, 1.807) is 43.4 Å². The molecule has 0 aliphatic carbocycles. The number of carbonyl (C=O) groups is 2. The van der Waals surface area contributed by atoms with E-state index in [1.165, 1.54) is 4.90 Å². The number of aromatic nitrogens is 2. The summed E-state index contributed by atoms with van der Waals surface area (Å²) in [5.74, 6) is -0.113. The number of nitrogens with one attached hydrogen (secondary N) is 1. The van der Waals surface area contributed by atoms with E-state index in [4.69, 9.17) is 27.9 Å². The molecule has 4 aromatic rings. The van der Waals surface area contributed by atoms with E-state index in [0.717, 1.165) is 10.3 Å². The van der Waals surface area contributed by atoms with Gasteiger partial charge in [-0.25, -0.2) is 4.98 Å². The van der Waals surface area contributed by atoms with Gasteiger partial charge in [0.2, 0.25) is 5.91 Å². The maximum atomic E-state index is 12.8. The lowest BCUT2D eigenvalue weighted by molar-refractivity contribution is -0.117. The Labute approximate surface area is 232 Å². The number of aryl methyl sites for hydroxylation is 1. The minimum Gasteiger partial charge on any atom is -0.485 e. The highest BCUT2D eigenvalue weighted by Gasteiger charge is 2.20. The zero-order valence-electron chi connectivity index (χ0n) is 19.3. The van der Waals surface area contributed by atoms with Crippen LogP contribution in [0.5, 0.6) is 5.75 Å². The van der Waals surface area contributed by atoms with Gasteiger partial charge in [-0.05, 0) is 59.3 Å². The van der Waals surface area contributed by atoms with Crippen molar-refractivity contribution in [1.82, 2.24) is 14.7 Å². The van der Waals surface area contributed by atoms with Gasteiger partial charge in [0, 0.05) is 29.4 Å². The average Bonchev–Trinajstić information content (AvgIpc) is 3.16. The van der Waals surface area contributed by atoms with Crippen molar-refractivity contribution in [3.63, 3.8) is 0 Å². The third-order valence-electron chi connectivity index (χ3n) is 5.42. The molecule has 0 unspecified atom stereocenters. The lowest BCUT2D eigenvalue weighted by atomic mass is 10.2. The minimum atomic E-state index is -0.340. The van der Waals surface area contributed by atoms with Crippen LogP contribution in [0.15, 0.2) is 65.4 Å².